The van der Waals surface area contributed by atoms with Gasteiger partial charge in [-0.2, -0.15) is 0 Å². The summed E-state index contributed by atoms with van der Waals surface area (Å²) in [5, 5.41) is 0.761. The lowest BCUT2D eigenvalue weighted by molar-refractivity contribution is 1.07. The number of nitrogens with two attached hydrogens (primary N) is 1. The van der Waals surface area contributed by atoms with E-state index in [1.165, 1.54) is 11.1 Å². The van der Waals surface area contributed by atoms with E-state index in [-0.39, 0.29) is 0 Å². The van der Waals surface area contributed by atoms with Gasteiger partial charge in [0, 0.05) is 11.6 Å². The highest BCUT2D eigenvalue weighted by molar-refractivity contribution is 6.30. The van der Waals surface area contributed by atoms with Crippen molar-refractivity contribution in [3.63, 3.8) is 0 Å². The fourth-order valence-electron chi connectivity index (χ4n) is 1.48. The Morgan fingerprint density at radius 3 is 1.73 bits per heavy atom. The van der Waals surface area contributed by atoms with Crippen LogP contribution < -0.4 is 5.73 Å². The van der Waals surface area contributed by atoms with Crippen molar-refractivity contribution in [2.75, 3.05) is 0 Å². The molecular formula is C13H12ClN. The summed E-state index contributed by atoms with van der Waals surface area (Å²) in [6, 6.07) is 16.1. The van der Waals surface area contributed by atoms with Gasteiger partial charge in [-0.1, -0.05) is 48.0 Å². The molecule has 0 amide bonds. The third-order valence-electron chi connectivity index (χ3n) is 2.37. The van der Waals surface area contributed by atoms with Crippen molar-refractivity contribution >= 4 is 11.6 Å². The van der Waals surface area contributed by atoms with Crippen LogP contribution in [0.3, 0.4) is 0 Å². The number of hydrogen-bond acceptors (Lipinski definition) is 1. The highest BCUT2D eigenvalue weighted by Gasteiger charge is 1.97. The maximum atomic E-state index is 5.83. The van der Waals surface area contributed by atoms with Crippen LogP contribution in [-0.2, 0) is 6.54 Å². The number of hydrogen-bond donors (Lipinski definition) is 1. The summed E-state index contributed by atoms with van der Waals surface area (Å²) in [7, 11) is 0. The molecule has 0 aliphatic heterocycles. The van der Waals surface area contributed by atoms with E-state index in [2.05, 4.69) is 12.1 Å². The maximum Gasteiger partial charge on any atom is 0.0406 e. The molecule has 0 bridgehead atoms. The van der Waals surface area contributed by atoms with E-state index in [1.807, 2.05) is 36.4 Å². The zero-order valence-electron chi connectivity index (χ0n) is 8.28. The lowest BCUT2D eigenvalue weighted by atomic mass is 10.0. The van der Waals surface area contributed by atoms with Gasteiger partial charge in [-0.25, -0.2) is 0 Å². The van der Waals surface area contributed by atoms with Crippen LogP contribution >= 0.6 is 11.6 Å². The van der Waals surface area contributed by atoms with Gasteiger partial charge >= 0.3 is 0 Å². The SMILES string of the molecule is NCc1ccc(-c2ccc(Cl)cc2)cc1. The molecule has 0 aliphatic rings. The topological polar surface area (TPSA) is 26.0 Å². The molecule has 76 valence electrons. The minimum atomic E-state index is 0.584. The fourth-order valence-corrected chi connectivity index (χ4v) is 1.60. The van der Waals surface area contributed by atoms with Gasteiger partial charge in [0.05, 0.1) is 0 Å². The molecule has 0 fully saturated rings. The normalized spacial score (nSPS) is 10.3. The summed E-state index contributed by atoms with van der Waals surface area (Å²) in [5.74, 6) is 0. The van der Waals surface area contributed by atoms with Crippen molar-refractivity contribution in [3.05, 3.63) is 59.1 Å². The zero-order chi connectivity index (χ0) is 10.7. The smallest absolute Gasteiger partial charge is 0.0406 e. The van der Waals surface area contributed by atoms with Crippen LogP contribution in [0.15, 0.2) is 48.5 Å². The van der Waals surface area contributed by atoms with E-state index in [4.69, 9.17) is 17.3 Å². The third kappa shape index (κ3) is 2.38. The summed E-state index contributed by atoms with van der Waals surface area (Å²) in [5.41, 5.74) is 9.04. The van der Waals surface area contributed by atoms with Crippen LogP contribution in [0.1, 0.15) is 5.56 Å². The van der Waals surface area contributed by atoms with Crippen molar-refractivity contribution in [2.24, 2.45) is 5.73 Å². The second-order valence-electron chi connectivity index (χ2n) is 3.41. The molecule has 2 aromatic carbocycles. The monoisotopic (exact) mass is 217 g/mol. The van der Waals surface area contributed by atoms with Crippen LogP contribution in [-0.4, -0.2) is 0 Å². The first-order chi connectivity index (χ1) is 7.29. The Labute approximate surface area is 94.5 Å². The second-order valence-corrected chi connectivity index (χ2v) is 3.84. The molecule has 0 atom stereocenters. The minimum absolute atomic E-state index is 0.584. The Kier molecular flexibility index (Phi) is 3.05. The van der Waals surface area contributed by atoms with Crippen molar-refractivity contribution in [2.45, 2.75) is 6.54 Å². The van der Waals surface area contributed by atoms with Crippen molar-refractivity contribution in [1.29, 1.82) is 0 Å². The highest BCUT2D eigenvalue weighted by atomic mass is 35.5. The van der Waals surface area contributed by atoms with Gasteiger partial charge in [0.1, 0.15) is 0 Å². The average Bonchev–Trinajstić information content (AvgIpc) is 2.30. The summed E-state index contributed by atoms with van der Waals surface area (Å²) in [6.07, 6.45) is 0. The van der Waals surface area contributed by atoms with E-state index in [0.29, 0.717) is 6.54 Å². The Bertz CT molecular complexity index is 431. The molecule has 2 aromatic rings. The number of halogens is 1. The Morgan fingerprint density at radius 1 is 0.800 bits per heavy atom. The Balaban J connectivity index is 2.33. The van der Waals surface area contributed by atoms with Gasteiger partial charge < -0.3 is 5.73 Å². The molecule has 0 saturated carbocycles. The molecule has 2 rings (SSSR count). The maximum absolute atomic E-state index is 5.83. The molecule has 0 aromatic heterocycles. The van der Waals surface area contributed by atoms with Crippen molar-refractivity contribution < 1.29 is 0 Å². The van der Waals surface area contributed by atoms with E-state index in [0.717, 1.165) is 10.6 Å². The Morgan fingerprint density at radius 2 is 1.27 bits per heavy atom. The van der Waals surface area contributed by atoms with Crippen LogP contribution in [0.25, 0.3) is 11.1 Å². The largest absolute Gasteiger partial charge is 0.326 e. The molecule has 0 aliphatic carbocycles. The summed E-state index contributed by atoms with van der Waals surface area (Å²) in [4.78, 5) is 0. The number of benzene rings is 2. The highest BCUT2D eigenvalue weighted by Crippen LogP contribution is 2.21. The van der Waals surface area contributed by atoms with Gasteiger partial charge in [-0.05, 0) is 28.8 Å². The van der Waals surface area contributed by atoms with Gasteiger partial charge in [-0.15, -0.1) is 0 Å². The van der Waals surface area contributed by atoms with E-state index in [1.54, 1.807) is 0 Å². The quantitative estimate of drug-likeness (QED) is 0.819. The summed E-state index contributed by atoms with van der Waals surface area (Å²) < 4.78 is 0. The lowest BCUT2D eigenvalue weighted by Crippen LogP contribution is -1.95. The standard InChI is InChI=1S/C13H12ClN/c14-13-7-5-12(6-8-13)11-3-1-10(9-15)2-4-11/h1-8H,9,15H2. The summed E-state index contributed by atoms with van der Waals surface area (Å²) >= 11 is 5.83. The summed E-state index contributed by atoms with van der Waals surface area (Å²) in [6.45, 7) is 0.584. The first-order valence-corrected chi connectivity index (χ1v) is 5.22. The zero-order valence-corrected chi connectivity index (χ0v) is 9.04. The molecule has 0 heterocycles. The number of rotatable bonds is 2. The average molecular weight is 218 g/mol. The van der Waals surface area contributed by atoms with E-state index >= 15 is 0 Å². The molecule has 0 radical (unpaired) electrons. The lowest BCUT2D eigenvalue weighted by Gasteiger charge is -2.03. The molecule has 2 heteroatoms. The van der Waals surface area contributed by atoms with Crippen molar-refractivity contribution in [3.8, 4) is 11.1 Å². The molecule has 0 spiro atoms. The van der Waals surface area contributed by atoms with E-state index < -0.39 is 0 Å². The second kappa shape index (κ2) is 4.47. The molecule has 0 saturated heterocycles. The first-order valence-electron chi connectivity index (χ1n) is 4.84. The van der Waals surface area contributed by atoms with Crippen molar-refractivity contribution in [1.82, 2.24) is 0 Å². The predicted molar refractivity (Wildman–Crippen MR) is 64.8 cm³/mol. The van der Waals surface area contributed by atoms with Crippen LogP contribution in [0.5, 0.6) is 0 Å². The molecule has 2 N–H and O–H groups in total. The predicted octanol–water partition coefficient (Wildman–Crippen LogP) is 3.47. The molecule has 0 unspecified atom stereocenters. The van der Waals surface area contributed by atoms with Crippen LogP contribution in [0.2, 0.25) is 5.02 Å². The van der Waals surface area contributed by atoms with E-state index in [9.17, 15) is 0 Å². The van der Waals surface area contributed by atoms with Crippen LogP contribution in [0, 0.1) is 0 Å². The van der Waals surface area contributed by atoms with Gasteiger partial charge in [0.2, 0.25) is 0 Å². The van der Waals surface area contributed by atoms with Gasteiger partial charge in [-0.3, -0.25) is 0 Å². The van der Waals surface area contributed by atoms with Gasteiger partial charge in [0.25, 0.3) is 0 Å². The molecular weight excluding hydrogens is 206 g/mol. The fraction of sp³-hybridized carbons (Fsp3) is 0.0769. The first kappa shape index (κ1) is 10.2. The molecule has 1 nitrogen and oxygen atoms in total. The Hall–Kier alpha value is -1.31. The van der Waals surface area contributed by atoms with Crippen LogP contribution in [0.4, 0.5) is 0 Å². The third-order valence-corrected chi connectivity index (χ3v) is 2.62. The van der Waals surface area contributed by atoms with Gasteiger partial charge in [0.15, 0.2) is 0 Å². The minimum Gasteiger partial charge on any atom is -0.326 e. The molecule has 15 heavy (non-hydrogen) atoms.